The predicted octanol–water partition coefficient (Wildman–Crippen LogP) is 6.05. The van der Waals surface area contributed by atoms with E-state index in [1.54, 1.807) is 18.2 Å². The molecule has 0 radical (unpaired) electrons. The maximum atomic E-state index is 12.7. The maximum Gasteiger partial charge on any atom is 0.261 e. The number of hydrogen-bond donors (Lipinski definition) is 1. The fourth-order valence-corrected chi connectivity index (χ4v) is 3.78. The Balaban J connectivity index is 1.75. The van der Waals surface area contributed by atoms with Gasteiger partial charge in [0, 0.05) is 12.1 Å². The molecule has 5 heteroatoms. The van der Waals surface area contributed by atoms with Crippen molar-refractivity contribution >= 4 is 12.0 Å². The smallest absolute Gasteiger partial charge is 0.261 e. The lowest BCUT2D eigenvalue weighted by Crippen LogP contribution is -2.25. The molecule has 5 nitrogen and oxygen atoms in total. The van der Waals surface area contributed by atoms with Gasteiger partial charge in [0.2, 0.25) is 0 Å². The molecular formula is C31H32N2O3. The third-order valence-corrected chi connectivity index (χ3v) is 5.49. The highest BCUT2D eigenvalue weighted by Crippen LogP contribution is 2.35. The van der Waals surface area contributed by atoms with Gasteiger partial charge in [0.05, 0.1) is 6.61 Å². The third-order valence-electron chi connectivity index (χ3n) is 5.49. The topological polar surface area (TPSA) is 71.4 Å². The van der Waals surface area contributed by atoms with Crippen molar-refractivity contribution in [3.05, 3.63) is 113 Å². The zero-order valence-corrected chi connectivity index (χ0v) is 20.7. The summed E-state index contributed by atoms with van der Waals surface area (Å²) in [6, 6.07) is 25.7. The Morgan fingerprint density at radius 1 is 1.03 bits per heavy atom. The average molecular weight is 481 g/mol. The number of benzene rings is 3. The molecule has 1 amide bonds. The number of amides is 1. The van der Waals surface area contributed by atoms with E-state index >= 15 is 0 Å². The first-order valence-electron chi connectivity index (χ1n) is 12.2. The Hall–Kier alpha value is -4.30. The Labute approximate surface area is 213 Å². The summed E-state index contributed by atoms with van der Waals surface area (Å²) in [6.07, 6.45) is 5.58. The molecule has 0 spiro atoms. The summed E-state index contributed by atoms with van der Waals surface area (Å²) in [5, 5.41) is 12.5. The van der Waals surface area contributed by atoms with Crippen LogP contribution in [-0.2, 0) is 24.2 Å². The van der Waals surface area contributed by atoms with E-state index < -0.39 is 5.91 Å². The van der Waals surface area contributed by atoms with Gasteiger partial charge in [-0.05, 0) is 61.1 Å². The second-order valence-electron chi connectivity index (χ2n) is 8.22. The highest BCUT2D eigenvalue weighted by atomic mass is 16.5. The minimum absolute atomic E-state index is 0.0414. The first-order chi connectivity index (χ1) is 17.6. The number of ether oxygens (including phenoxy) is 2. The lowest BCUT2D eigenvalue weighted by molar-refractivity contribution is -0.117. The van der Waals surface area contributed by atoms with Gasteiger partial charge in [0.25, 0.3) is 5.91 Å². The maximum absolute atomic E-state index is 12.7. The molecule has 0 aliphatic rings. The van der Waals surface area contributed by atoms with Crippen molar-refractivity contribution in [1.29, 1.82) is 5.26 Å². The average Bonchev–Trinajstić information content (AvgIpc) is 2.90. The Morgan fingerprint density at radius 3 is 2.36 bits per heavy atom. The van der Waals surface area contributed by atoms with Crippen LogP contribution in [0.2, 0.25) is 0 Å². The number of nitriles is 1. The van der Waals surface area contributed by atoms with Crippen molar-refractivity contribution in [3.8, 4) is 17.6 Å². The van der Waals surface area contributed by atoms with E-state index in [9.17, 15) is 10.1 Å². The Kier molecular flexibility index (Phi) is 10.4. The van der Waals surface area contributed by atoms with Gasteiger partial charge in [-0.3, -0.25) is 4.79 Å². The number of allylic oxidation sites excluding steroid dienone is 1. The van der Waals surface area contributed by atoms with Crippen LogP contribution >= 0.6 is 0 Å². The largest absolute Gasteiger partial charge is 0.490 e. The molecule has 3 aromatic carbocycles. The molecular weight excluding hydrogens is 448 g/mol. The van der Waals surface area contributed by atoms with E-state index in [0.29, 0.717) is 43.2 Å². The lowest BCUT2D eigenvalue weighted by atomic mass is 10.0. The van der Waals surface area contributed by atoms with Crippen molar-refractivity contribution in [1.82, 2.24) is 5.32 Å². The minimum Gasteiger partial charge on any atom is -0.490 e. The fourth-order valence-electron chi connectivity index (χ4n) is 3.78. The second-order valence-corrected chi connectivity index (χ2v) is 8.22. The monoisotopic (exact) mass is 480 g/mol. The highest BCUT2D eigenvalue weighted by molar-refractivity contribution is 6.01. The predicted molar refractivity (Wildman–Crippen MR) is 144 cm³/mol. The molecule has 0 fully saturated rings. The van der Waals surface area contributed by atoms with Gasteiger partial charge in [0.15, 0.2) is 11.5 Å². The highest BCUT2D eigenvalue weighted by Gasteiger charge is 2.15. The summed E-state index contributed by atoms with van der Waals surface area (Å²) in [5.41, 5.74) is 3.87. The van der Waals surface area contributed by atoms with Gasteiger partial charge in [-0.15, -0.1) is 6.58 Å². The molecule has 0 saturated carbocycles. The standard InChI is InChI=1S/C31H32N2O3/c1-3-12-27-19-26(21-29(35-4-2)30(27)36-23-25-15-9-6-10-16-25)20-28(22-32)31(34)33-18-11-17-24-13-7-5-8-14-24/h3,5-10,13-16,19-21H,1,4,11-12,17-18,23H2,2H3,(H,33,34)/b28-20-. The molecule has 36 heavy (non-hydrogen) atoms. The van der Waals surface area contributed by atoms with Crippen LogP contribution in [0.1, 0.15) is 35.6 Å². The summed E-state index contributed by atoms with van der Waals surface area (Å²) in [5.74, 6) is 0.819. The number of nitrogens with zero attached hydrogens (tertiary/aromatic N) is 1. The summed E-state index contributed by atoms with van der Waals surface area (Å²) >= 11 is 0. The zero-order valence-electron chi connectivity index (χ0n) is 20.7. The molecule has 0 saturated heterocycles. The van der Waals surface area contributed by atoms with E-state index in [-0.39, 0.29) is 5.57 Å². The Morgan fingerprint density at radius 2 is 1.72 bits per heavy atom. The molecule has 184 valence electrons. The number of aryl methyl sites for hydroxylation is 1. The number of carbonyl (C=O) groups excluding carboxylic acids is 1. The first kappa shape index (κ1) is 26.3. The quantitative estimate of drug-likeness (QED) is 0.140. The molecule has 3 rings (SSSR count). The van der Waals surface area contributed by atoms with Gasteiger partial charge >= 0.3 is 0 Å². The van der Waals surface area contributed by atoms with Crippen LogP contribution in [0.25, 0.3) is 6.08 Å². The van der Waals surface area contributed by atoms with Crippen molar-refractivity contribution in [2.75, 3.05) is 13.2 Å². The summed E-state index contributed by atoms with van der Waals surface area (Å²) in [7, 11) is 0. The van der Waals surface area contributed by atoms with E-state index in [1.807, 2.05) is 67.6 Å². The van der Waals surface area contributed by atoms with E-state index in [4.69, 9.17) is 9.47 Å². The Bertz CT molecular complexity index is 1210. The molecule has 0 bridgehead atoms. The minimum atomic E-state index is -0.391. The van der Waals surface area contributed by atoms with E-state index in [1.165, 1.54) is 5.56 Å². The van der Waals surface area contributed by atoms with Gasteiger partial charge in [0.1, 0.15) is 18.2 Å². The number of hydrogen-bond acceptors (Lipinski definition) is 4. The molecule has 3 aromatic rings. The molecule has 0 heterocycles. The normalized spacial score (nSPS) is 10.8. The van der Waals surface area contributed by atoms with Crippen LogP contribution < -0.4 is 14.8 Å². The van der Waals surface area contributed by atoms with Crippen LogP contribution in [-0.4, -0.2) is 19.1 Å². The lowest BCUT2D eigenvalue weighted by Gasteiger charge is -2.17. The molecule has 1 N–H and O–H groups in total. The fraction of sp³-hybridized carbons (Fsp3) is 0.226. The van der Waals surface area contributed by atoms with E-state index in [0.717, 1.165) is 24.0 Å². The van der Waals surface area contributed by atoms with E-state index in [2.05, 4.69) is 24.0 Å². The number of nitrogens with one attached hydrogen (secondary N) is 1. The van der Waals surface area contributed by atoms with Gasteiger partial charge in [-0.1, -0.05) is 66.7 Å². The first-order valence-corrected chi connectivity index (χ1v) is 12.2. The van der Waals surface area contributed by atoms with Crippen LogP contribution in [0.15, 0.2) is 91.0 Å². The van der Waals surface area contributed by atoms with Crippen LogP contribution in [0.5, 0.6) is 11.5 Å². The van der Waals surface area contributed by atoms with Crippen LogP contribution in [0.4, 0.5) is 0 Å². The number of rotatable bonds is 13. The molecule has 0 aromatic heterocycles. The summed E-state index contributed by atoms with van der Waals surface area (Å²) < 4.78 is 12.0. The summed E-state index contributed by atoms with van der Waals surface area (Å²) in [6.45, 7) is 7.11. The van der Waals surface area contributed by atoms with Crippen molar-refractivity contribution in [2.45, 2.75) is 32.8 Å². The molecule has 0 aliphatic heterocycles. The van der Waals surface area contributed by atoms with Crippen molar-refractivity contribution in [3.63, 3.8) is 0 Å². The van der Waals surface area contributed by atoms with Crippen molar-refractivity contribution < 1.29 is 14.3 Å². The molecule has 0 atom stereocenters. The van der Waals surface area contributed by atoms with Crippen LogP contribution in [0.3, 0.4) is 0 Å². The molecule has 0 unspecified atom stereocenters. The zero-order chi connectivity index (χ0) is 25.6. The summed E-state index contributed by atoms with van der Waals surface area (Å²) in [4.78, 5) is 12.7. The third kappa shape index (κ3) is 7.89. The second kappa shape index (κ2) is 14.2. The molecule has 0 aliphatic carbocycles. The van der Waals surface area contributed by atoms with Crippen molar-refractivity contribution in [2.24, 2.45) is 0 Å². The van der Waals surface area contributed by atoms with Crippen LogP contribution in [0, 0.1) is 11.3 Å². The van der Waals surface area contributed by atoms with Gasteiger partial charge < -0.3 is 14.8 Å². The van der Waals surface area contributed by atoms with Gasteiger partial charge in [-0.2, -0.15) is 5.26 Å². The number of carbonyl (C=O) groups is 1. The SMILES string of the molecule is C=CCc1cc(/C=C(/C#N)C(=O)NCCCc2ccccc2)cc(OCC)c1OCc1ccccc1. The van der Waals surface area contributed by atoms with Gasteiger partial charge in [-0.25, -0.2) is 0 Å².